The van der Waals surface area contributed by atoms with Crippen molar-refractivity contribution in [1.29, 1.82) is 0 Å². The highest BCUT2D eigenvalue weighted by Gasteiger charge is 1.97. The fourth-order valence-corrected chi connectivity index (χ4v) is 0.692. The Bertz CT molecular complexity index is 371. The fraction of sp³-hybridized carbons (Fsp3) is 0.222. The normalized spacial score (nSPS) is 20.8. The summed E-state index contributed by atoms with van der Waals surface area (Å²) in [5.41, 5.74) is -0.713. The molecule has 0 amide bonds. The predicted octanol–water partition coefficient (Wildman–Crippen LogP) is 2.12. The third-order valence-electron chi connectivity index (χ3n) is 1.22. The van der Waals surface area contributed by atoms with Gasteiger partial charge in [-0.05, 0) is 24.8 Å². The highest BCUT2D eigenvalue weighted by molar-refractivity contribution is 5.79. The van der Waals surface area contributed by atoms with Gasteiger partial charge in [0.15, 0.2) is 6.29 Å². The van der Waals surface area contributed by atoms with Gasteiger partial charge in [0.05, 0.1) is 0 Å². The molecule has 0 aliphatic carbocycles. The minimum Gasteiger partial charge on any atom is -0.298 e. The van der Waals surface area contributed by atoms with E-state index >= 15 is 0 Å². The number of carbonyl (C=O) groups excluding carboxylic acids is 1. The standard InChI is InChI=1S/C9H10O/c1-7-4-3-5-8(2)9(7)6-10/h3-6H,1-2H3/i1D3,2D3. The van der Waals surface area contributed by atoms with Crippen LogP contribution in [0.15, 0.2) is 18.2 Å². The predicted molar refractivity (Wildman–Crippen MR) is 41.3 cm³/mol. The van der Waals surface area contributed by atoms with Crippen molar-refractivity contribution in [3.05, 3.63) is 34.9 Å². The summed E-state index contributed by atoms with van der Waals surface area (Å²) in [6.45, 7) is -4.98. The maximum Gasteiger partial charge on any atom is 0.150 e. The van der Waals surface area contributed by atoms with Crippen LogP contribution in [0.5, 0.6) is 0 Å². The van der Waals surface area contributed by atoms with E-state index in [9.17, 15) is 4.79 Å². The van der Waals surface area contributed by atoms with Gasteiger partial charge in [0.1, 0.15) is 0 Å². The summed E-state index contributed by atoms with van der Waals surface area (Å²) in [6.07, 6.45) is 0.281. The van der Waals surface area contributed by atoms with Crippen molar-refractivity contribution in [2.75, 3.05) is 0 Å². The molecule has 0 aromatic heterocycles. The van der Waals surface area contributed by atoms with Gasteiger partial charge >= 0.3 is 0 Å². The molecule has 0 saturated carbocycles. The Morgan fingerprint density at radius 3 is 2.40 bits per heavy atom. The second-order valence-corrected chi connectivity index (χ2v) is 1.88. The molecular formula is C9H10O. The van der Waals surface area contributed by atoms with Gasteiger partial charge in [-0.15, -0.1) is 0 Å². The summed E-state index contributed by atoms with van der Waals surface area (Å²) in [4.78, 5) is 10.8. The molecule has 0 aliphatic heterocycles. The summed E-state index contributed by atoms with van der Waals surface area (Å²) in [6, 6.07) is 3.81. The van der Waals surface area contributed by atoms with Crippen LogP contribution in [0.3, 0.4) is 0 Å². The SMILES string of the molecule is [2H]C([2H])([2H])c1cccc(C([2H])([2H])[2H])c1C=O. The molecule has 0 saturated heterocycles. The molecule has 1 aromatic rings. The molecule has 0 heterocycles. The van der Waals surface area contributed by atoms with Crippen molar-refractivity contribution < 1.29 is 13.0 Å². The average Bonchev–Trinajstić information content (AvgIpc) is 2.13. The molecule has 0 bridgehead atoms. The van der Waals surface area contributed by atoms with E-state index < -0.39 is 13.7 Å². The number of aldehydes is 1. The molecule has 0 fully saturated rings. The molecule has 0 aliphatic rings. The number of aryl methyl sites for hydroxylation is 2. The van der Waals surface area contributed by atoms with Gasteiger partial charge in [0.25, 0.3) is 0 Å². The van der Waals surface area contributed by atoms with Crippen LogP contribution < -0.4 is 0 Å². The molecule has 0 spiro atoms. The first-order chi connectivity index (χ1) is 7.18. The minimum absolute atomic E-state index is 0.226. The van der Waals surface area contributed by atoms with Crippen LogP contribution in [0, 0.1) is 13.7 Å². The lowest BCUT2D eigenvalue weighted by Crippen LogP contribution is -1.89. The van der Waals surface area contributed by atoms with Crippen molar-refractivity contribution in [2.24, 2.45) is 0 Å². The highest BCUT2D eigenvalue weighted by atomic mass is 16.1. The van der Waals surface area contributed by atoms with Crippen molar-refractivity contribution in [3.63, 3.8) is 0 Å². The van der Waals surface area contributed by atoms with Gasteiger partial charge in [-0.3, -0.25) is 4.79 Å². The number of rotatable bonds is 1. The molecule has 1 aromatic carbocycles. The zero-order chi connectivity index (χ0) is 12.6. The second kappa shape index (κ2) is 2.65. The first-order valence-electron chi connectivity index (χ1n) is 5.77. The molecule has 1 rings (SSSR count). The smallest absolute Gasteiger partial charge is 0.150 e. The Labute approximate surface area is 69.1 Å². The Morgan fingerprint density at radius 2 is 2.00 bits per heavy atom. The van der Waals surface area contributed by atoms with Gasteiger partial charge in [-0.1, -0.05) is 18.2 Å². The van der Waals surface area contributed by atoms with Crippen LogP contribution in [0.2, 0.25) is 0 Å². The lowest BCUT2D eigenvalue weighted by Gasteiger charge is -1.99. The fourth-order valence-electron chi connectivity index (χ4n) is 0.692. The van der Waals surface area contributed by atoms with E-state index in [-0.39, 0.29) is 23.0 Å². The zero-order valence-corrected chi connectivity index (χ0v) is 5.22. The quantitative estimate of drug-likeness (QED) is 0.546. The maximum absolute atomic E-state index is 10.8. The third kappa shape index (κ3) is 1.08. The molecule has 0 unspecified atom stereocenters. The Morgan fingerprint density at radius 1 is 1.40 bits per heavy atom. The van der Waals surface area contributed by atoms with Crippen molar-refractivity contribution in [1.82, 2.24) is 0 Å². The van der Waals surface area contributed by atoms with Crippen LogP contribution in [0.25, 0.3) is 0 Å². The maximum atomic E-state index is 10.8. The summed E-state index contributed by atoms with van der Waals surface area (Å²) >= 11 is 0. The summed E-state index contributed by atoms with van der Waals surface area (Å²) < 4.78 is 43.3. The van der Waals surface area contributed by atoms with Gasteiger partial charge in [-0.25, -0.2) is 0 Å². The summed E-state index contributed by atoms with van der Waals surface area (Å²) in [5.74, 6) is 0. The van der Waals surface area contributed by atoms with Crippen LogP contribution in [-0.2, 0) is 0 Å². The number of benzene rings is 1. The molecule has 1 heteroatoms. The molecule has 10 heavy (non-hydrogen) atoms. The Hall–Kier alpha value is -1.11. The minimum atomic E-state index is -2.49. The molecule has 1 nitrogen and oxygen atoms in total. The van der Waals surface area contributed by atoms with Crippen LogP contribution in [0.1, 0.15) is 29.7 Å². The van der Waals surface area contributed by atoms with E-state index in [1.807, 2.05) is 0 Å². The van der Waals surface area contributed by atoms with E-state index in [4.69, 9.17) is 8.22 Å². The van der Waals surface area contributed by atoms with Crippen LogP contribution in [-0.4, -0.2) is 6.29 Å². The second-order valence-electron chi connectivity index (χ2n) is 1.88. The van der Waals surface area contributed by atoms with Gasteiger partial charge in [0, 0.05) is 13.8 Å². The molecular weight excluding hydrogens is 124 g/mol. The number of hydrogen-bond donors (Lipinski definition) is 0. The molecule has 0 atom stereocenters. The van der Waals surface area contributed by atoms with Crippen molar-refractivity contribution in [2.45, 2.75) is 13.7 Å². The molecule has 0 radical (unpaired) electrons. The topological polar surface area (TPSA) is 17.1 Å². The lowest BCUT2D eigenvalue weighted by atomic mass is 10.1. The largest absolute Gasteiger partial charge is 0.298 e. The van der Waals surface area contributed by atoms with E-state index in [1.54, 1.807) is 0 Å². The first kappa shape index (κ1) is 2.50. The van der Waals surface area contributed by atoms with E-state index in [0.717, 1.165) is 0 Å². The van der Waals surface area contributed by atoms with E-state index in [2.05, 4.69) is 0 Å². The number of carbonyl (C=O) groups is 1. The Balaban J connectivity index is 3.51. The molecule has 0 N–H and O–H groups in total. The first-order valence-corrected chi connectivity index (χ1v) is 2.77. The van der Waals surface area contributed by atoms with Crippen molar-refractivity contribution in [3.8, 4) is 0 Å². The number of hydrogen-bond acceptors (Lipinski definition) is 1. The third-order valence-corrected chi connectivity index (χ3v) is 1.22. The lowest BCUT2D eigenvalue weighted by molar-refractivity contribution is 0.112. The van der Waals surface area contributed by atoms with Crippen LogP contribution >= 0.6 is 0 Å². The summed E-state index contributed by atoms with van der Waals surface area (Å²) in [7, 11) is 0. The van der Waals surface area contributed by atoms with Gasteiger partial charge in [-0.2, -0.15) is 0 Å². The van der Waals surface area contributed by atoms with Gasteiger partial charge in [0.2, 0.25) is 0 Å². The average molecular weight is 140 g/mol. The van der Waals surface area contributed by atoms with E-state index in [1.165, 1.54) is 18.2 Å². The van der Waals surface area contributed by atoms with Crippen molar-refractivity contribution >= 4 is 6.29 Å². The summed E-state index contributed by atoms with van der Waals surface area (Å²) in [5, 5.41) is 0. The van der Waals surface area contributed by atoms with Crippen LogP contribution in [0.4, 0.5) is 0 Å². The Kier molecular flexibility index (Phi) is 0.661. The van der Waals surface area contributed by atoms with E-state index in [0.29, 0.717) is 0 Å². The van der Waals surface area contributed by atoms with Gasteiger partial charge < -0.3 is 0 Å². The monoisotopic (exact) mass is 140 g/mol. The molecule has 52 valence electrons. The highest BCUT2D eigenvalue weighted by Crippen LogP contribution is 2.09. The zero-order valence-electron chi connectivity index (χ0n) is 11.2.